The molecule has 0 atom stereocenters. The lowest BCUT2D eigenvalue weighted by atomic mass is 10.1. The fourth-order valence-corrected chi connectivity index (χ4v) is 1.78. The average molecular weight is 330 g/mol. The molecule has 1 aromatic heterocycles. The second kappa shape index (κ2) is 6.13. The molecular formula is C12H10BrClN2O2. The fourth-order valence-electron chi connectivity index (χ4n) is 1.37. The lowest BCUT2D eigenvalue weighted by Crippen LogP contribution is -1.93. The molecule has 1 heterocycles. The van der Waals surface area contributed by atoms with E-state index in [1.807, 2.05) is 24.3 Å². The molecule has 0 amide bonds. The van der Waals surface area contributed by atoms with Crippen LogP contribution in [0.5, 0.6) is 11.6 Å². The summed E-state index contributed by atoms with van der Waals surface area (Å²) in [5, 5.41) is 9.12. The first-order valence-corrected chi connectivity index (χ1v) is 6.41. The van der Waals surface area contributed by atoms with E-state index < -0.39 is 0 Å². The number of aliphatic hydroxyl groups excluding tert-OH is 1. The Morgan fingerprint density at radius 3 is 2.61 bits per heavy atom. The monoisotopic (exact) mass is 328 g/mol. The summed E-state index contributed by atoms with van der Waals surface area (Å²) in [5.74, 6) is 1.01. The van der Waals surface area contributed by atoms with Crippen molar-refractivity contribution in [2.45, 2.75) is 6.42 Å². The van der Waals surface area contributed by atoms with Gasteiger partial charge in [-0.15, -0.1) is 0 Å². The van der Waals surface area contributed by atoms with E-state index in [-0.39, 0.29) is 6.61 Å². The van der Waals surface area contributed by atoms with Gasteiger partial charge in [-0.25, -0.2) is 9.97 Å². The predicted molar refractivity (Wildman–Crippen MR) is 72.0 cm³/mol. The summed E-state index contributed by atoms with van der Waals surface area (Å²) in [6.07, 6.45) is 1.96. The molecule has 0 aliphatic carbocycles. The second-order valence-corrected chi connectivity index (χ2v) is 4.65. The van der Waals surface area contributed by atoms with Gasteiger partial charge in [-0.1, -0.05) is 23.7 Å². The first-order chi connectivity index (χ1) is 8.70. The smallest absolute Gasteiger partial charge is 0.238 e. The lowest BCUT2D eigenvalue weighted by molar-refractivity contribution is 0.299. The number of benzene rings is 1. The van der Waals surface area contributed by atoms with Crippen molar-refractivity contribution in [3.8, 4) is 11.6 Å². The highest BCUT2D eigenvalue weighted by Crippen LogP contribution is 2.31. The van der Waals surface area contributed by atoms with Crippen LogP contribution in [0.2, 0.25) is 5.15 Å². The molecule has 0 spiro atoms. The molecule has 0 unspecified atom stereocenters. The quantitative estimate of drug-likeness (QED) is 0.875. The predicted octanol–water partition coefficient (Wildman–Crippen LogP) is 3.22. The van der Waals surface area contributed by atoms with Crippen LogP contribution in [0.3, 0.4) is 0 Å². The minimum absolute atomic E-state index is 0.132. The van der Waals surface area contributed by atoms with E-state index in [0.717, 1.165) is 5.56 Å². The topological polar surface area (TPSA) is 55.2 Å². The van der Waals surface area contributed by atoms with Crippen molar-refractivity contribution >= 4 is 27.5 Å². The highest BCUT2D eigenvalue weighted by atomic mass is 79.9. The molecule has 0 aliphatic rings. The number of rotatable bonds is 4. The third-order valence-corrected chi connectivity index (χ3v) is 3.48. The molecule has 6 heteroatoms. The molecule has 0 aliphatic heterocycles. The van der Waals surface area contributed by atoms with Crippen LogP contribution in [0.1, 0.15) is 5.56 Å². The van der Waals surface area contributed by atoms with E-state index in [2.05, 4.69) is 25.9 Å². The van der Waals surface area contributed by atoms with Crippen molar-refractivity contribution in [2.24, 2.45) is 0 Å². The fraction of sp³-hybridized carbons (Fsp3) is 0.167. The molecule has 0 radical (unpaired) electrons. The van der Waals surface area contributed by atoms with Crippen LogP contribution < -0.4 is 4.74 Å². The number of halogens is 2. The first kappa shape index (κ1) is 13.3. The number of aliphatic hydroxyl groups is 1. The maximum Gasteiger partial charge on any atom is 0.238 e. The van der Waals surface area contributed by atoms with Crippen molar-refractivity contribution in [3.05, 3.63) is 45.8 Å². The molecule has 0 fully saturated rings. The molecule has 1 aromatic carbocycles. The van der Waals surface area contributed by atoms with Crippen LogP contribution >= 0.6 is 27.5 Å². The van der Waals surface area contributed by atoms with E-state index in [9.17, 15) is 0 Å². The van der Waals surface area contributed by atoms with Crippen LogP contribution in [0.25, 0.3) is 0 Å². The molecule has 4 nitrogen and oxygen atoms in total. The molecule has 1 N–H and O–H groups in total. The Hall–Kier alpha value is -1.17. The Morgan fingerprint density at radius 2 is 1.94 bits per heavy atom. The van der Waals surface area contributed by atoms with Crippen molar-refractivity contribution in [3.63, 3.8) is 0 Å². The van der Waals surface area contributed by atoms with Gasteiger partial charge in [0.15, 0.2) is 5.15 Å². The van der Waals surface area contributed by atoms with Gasteiger partial charge in [0, 0.05) is 6.61 Å². The Labute approximate surface area is 118 Å². The Morgan fingerprint density at radius 1 is 1.22 bits per heavy atom. The highest BCUT2D eigenvalue weighted by Gasteiger charge is 2.08. The summed E-state index contributed by atoms with van der Waals surface area (Å²) < 4.78 is 6.10. The number of hydrogen-bond acceptors (Lipinski definition) is 4. The maximum atomic E-state index is 8.82. The van der Waals surface area contributed by atoms with E-state index in [1.165, 1.54) is 6.33 Å². The summed E-state index contributed by atoms with van der Waals surface area (Å²) >= 11 is 9.10. The molecule has 0 saturated carbocycles. The number of nitrogens with zero attached hydrogens (tertiary/aromatic N) is 2. The van der Waals surface area contributed by atoms with Gasteiger partial charge in [0.25, 0.3) is 0 Å². The normalized spacial score (nSPS) is 10.4. The second-order valence-electron chi connectivity index (χ2n) is 3.50. The van der Waals surface area contributed by atoms with Gasteiger partial charge < -0.3 is 9.84 Å². The number of ether oxygens (including phenoxy) is 1. The molecule has 0 saturated heterocycles. The highest BCUT2D eigenvalue weighted by molar-refractivity contribution is 9.10. The van der Waals surface area contributed by atoms with Crippen molar-refractivity contribution in [2.75, 3.05) is 6.61 Å². The Balaban J connectivity index is 2.16. The van der Waals surface area contributed by atoms with Gasteiger partial charge in [0.1, 0.15) is 16.5 Å². The molecule has 2 aromatic rings. The minimum Gasteiger partial charge on any atom is -0.438 e. The van der Waals surface area contributed by atoms with Gasteiger partial charge in [-0.3, -0.25) is 0 Å². The molecule has 0 bridgehead atoms. The third kappa shape index (κ3) is 3.19. The van der Waals surface area contributed by atoms with Crippen LogP contribution in [0.4, 0.5) is 0 Å². The summed E-state index contributed by atoms with van der Waals surface area (Å²) in [6, 6.07) is 7.41. The van der Waals surface area contributed by atoms with Crippen LogP contribution in [-0.2, 0) is 6.42 Å². The van der Waals surface area contributed by atoms with E-state index in [1.54, 1.807) is 0 Å². The van der Waals surface area contributed by atoms with Crippen molar-refractivity contribution in [1.29, 1.82) is 0 Å². The lowest BCUT2D eigenvalue weighted by Gasteiger charge is -2.07. The van der Waals surface area contributed by atoms with Crippen LogP contribution in [0, 0.1) is 0 Å². The minimum atomic E-state index is 0.132. The van der Waals surface area contributed by atoms with E-state index in [0.29, 0.717) is 27.7 Å². The summed E-state index contributed by atoms with van der Waals surface area (Å²) in [5.41, 5.74) is 1.05. The molecule has 18 heavy (non-hydrogen) atoms. The largest absolute Gasteiger partial charge is 0.438 e. The van der Waals surface area contributed by atoms with Gasteiger partial charge in [0.2, 0.25) is 5.88 Å². The summed E-state index contributed by atoms with van der Waals surface area (Å²) in [4.78, 5) is 7.81. The average Bonchev–Trinajstić information content (AvgIpc) is 2.38. The Kier molecular flexibility index (Phi) is 4.52. The van der Waals surface area contributed by atoms with Gasteiger partial charge in [-0.2, -0.15) is 0 Å². The Bertz CT molecular complexity index is 534. The maximum absolute atomic E-state index is 8.82. The van der Waals surface area contributed by atoms with Crippen molar-refractivity contribution < 1.29 is 9.84 Å². The molecule has 94 valence electrons. The summed E-state index contributed by atoms with van der Waals surface area (Å²) in [7, 11) is 0. The third-order valence-electron chi connectivity index (χ3n) is 2.25. The van der Waals surface area contributed by atoms with Gasteiger partial charge in [-0.05, 0) is 40.0 Å². The molecular weight excluding hydrogens is 320 g/mol. The van der Waals surface area contributed by atoms with Crippen LogP contribution in [0.15, 0.2) is 35.1 Å². The zero-order valence-corrected chi connectivity index (χ0v) is 11.6. The van der Waals surface area contributed by atoms with Crippen molar-refractivity contribution in [1.82, 2.24) is 9.97 Å². The standard InChI is InChI=1S/C12H10BrClN2O2/c13-10-11(14)15-7-16-12(10)18-9-3-1-8(2-4-9)5-6-17/h1-4,7,17H,5-6H2. The first-order valence-electron chi connectivity index (χ1n) is 5.24. The van der Waals surface area contributed by atoms with E-state index >= 15 is 0 Å². The zero-order valence-electron chi connectivity index (χ0n) is 9.31. The summed E-state index contributed by atoms with van der Waals surface area (Å²) in [6.45, 7) is 0.132. The SMILES string of the molecule is OCCc1ccc(Oc2ncnc(Cl)c2Br)cc1. The number of aromatic nitrogens is 2. The molecule has 2 rings (SSSR count). The van der Waals surface area contributed by atoms with Crippen LogP contribution in [-0.4, -0.2) is 21.7 Å². The van der Waals surface area contributed by atoms with E-state index in [4.69, 9.17) is 21.4 Å². The number of hydrogen-bond donors (Lipinski definition) is 1. The van der Waals surface area contributed by atoms with Gasteiger partial charge in [0.05, 0.1) is 0 Å². The van der Waals surface area contributed by atoms with Gasteiger partial charge >= 0.3 is 0 Å². The zero-order chi connectivity index (χ0) is 13.0.